The Balaban J connectivity index is 1.03. The van der Waals surface area contributed by atoms with Crippen LogP contribution in [-0.2, 0) is 0 Å². The lowest BCUT2D eigenvalue weighted by Crippen LogP contribution is -2.60. The Morgan fingerprint density at radius 3 is 1.51 bits per heavy atom. The Labute approximate surface area is 438 Å². The minimum atomic E-state index is -0.0707. The van der Waals surface area contributed by atoms with Crippen molar-refractivity contribution in [2.24, 2.45) is 0 Å². The molecule has 0 amide bonds. The summed E-state index contributed by atoms with van der Waals surface area (Å²) in [6.45, 7) is -0.0707. The first-order chi connectivity index (χ1) is 37.7. The van der Waals surface area contributed by atoms with Gasteiger partial charge in [-0.25, -0.2) is 0 Å². The first-order valence-electron chi connectivity index (χ1n) is 26.5. The topological polar surface area (TPSA) is 13.1 Å². The van der Waals surface area contributed by atoms with Crippen molar-refractivity contribution in [1.82, 2.24) is 9.13 Å². The highest BCUT2D eigenvalue weighted by Gasteiger charge is 2.44. The molecule has 2 aliphatic heterocycles. The third-order valence-electron chi connectivity index (χ3n) is 17.4. The van der Waals surface area contributed by atoms with Crippen LogP contribution in [0.4, 0.5) is 17.1 Å². The molecule has 0 saturated carbocycles. The fraction of sp³-hybridized carbons (Fsp3) is 0. The number of anilines is 3. The molecule has 2 aromatic heterocycles. The average Bonchev–Trinajstić information content (AvgIpc) is 4.11. The molecule has 0 bridgehead atoms. The zero-order valence-corrected chi connectivity index (χ0v) is 41.2. The maximum absolute atomic E-state index is 2.67. The van der Waals surface area contributed by atoms with Gasteiger partial charge >= 0.3 is 0 Å². The van der Waals surface area contributed by atoms with Crippen LogP contribution in [-0.4, -0.2) is 15.8 Å². The first-order valence-corrected chi connectivity index (χ1v) is 26.5. The standard InChI is InChI=1S/C72H42BN3/c1-3-14-43(15-4-1)45-26-32-50(33-27-45)74-60-36-31-49(44-16-5-2-6-17-44)40-59(60)73-58-35-34-57-55-24-12-11-23-54(55)56-25-13-20-48-30-39-63-70(66(48)56)69(57)72(58)76(63)65-42-51(41-64(74)71(65)73)75-61-37-28-46-18-7-9-21-52(46)67(61)68-53-22-10-8-19-47(53)29-38-62(68)75/h1-42H. The van der Waals surface area contributed by atoms with E-state index < -0.39 is 0 Å². The van der Waals surface area contributed by atoms with Gasteiger partial charge in [-0.2, -0.15) is 0 Å². The van der Waals surface area contributed by atoms with Gasteiger partial charge in [-0.1, -0.05) is 206 Å². The number of rotatable bonds is 4. The quantitative estimate of drug-likeness (QED) is 0.160. The molecular formula is C72H42BN3. The summed E-state index contributed by atoms with van der Waals surface area (Å²) in [6, 6.07) is 96.1. The van der Waals surface area contributed by atoms with E-state index in [4.69, 9.17) is 0 Å². The van der Waals surface area contributed by atoms with Crippen molar-refractivity contribution in [3.8, 4) is 55.9 Å². The van der Waals surface area contributed by atoms with Gasteiger partial charge in [-0.15, -0.1) is 0 Å². The summed E-state index contributed by atoms with van der Waals surface area (Å²) in [7, 11) is 0. The SMILES string of the molecule is c1ccc(-c2ccc(N3c4ccc(-c5ccccc5)cc4B4c5c3cc(-n3c6ccc7ccccc7c6c6c7ccccc7ccc63)cc5-n3c5ccc6cccc7c6c5c5c(ccc4c53)-c3ccccc3-7)cc2)cc1. The third-order valence-corrected chi connectivity index (χ3v) is 17.4. The van der Waals surface area contributed by atoms with Crippen molar-refractivity contribution in [3.63, 3.8) is 0 Å². The van der Waals surface area contributed by atoms with Gasteiger partial charge in [0.05, 0.1) is 27.8 Å². The van der Waals surface area contributed by atoms with Crippen LogP contribution in [0.25, 0.3) is 132 Å². The number of fused-ring (bicyclic) bond motifs is 15. The number of aromatic nitrogens is 2. The van der Waals surface area contributed by atoms with Gasteiger partial charge in [0.15, 0.2) is 0 Å². The fourth-order valence-corrected chi connectivity index (χ4v) is 14.3. The largest absolute Gasteiger partial charge is 0.311 e. The molecule has 15 aromatic rings. The van der Waals surface area contributed by atoms with Crippen LogP contribution >= 0.6 is 0 Å². The van der Waals surface area contributed by atoms with Crippen molar-refractivity contribution in [2.75, 3.05) is 4.90 Å². The highest BCUT2D eigenvalue weighted by atomic mass is 15.2. The van der Waals surface area contributed by atoms with Crippen molar-refractivity contribution in [2.45, 2.75) is 0 Å². The van der Waals surface area contributed by atoms with Crippen molar-refractivity contribution in [1.29, 1.82) is 0 Å². The maximum Gasteiger partial charge on any atom is 0.252 e. The number of hydrogen-bond donors (Lipinski definition) is 0. The van der Waals surface area contributed by atoms with Crippen LogP contribution in [0.15, 0.2) is 255 Å². The van der Waals surface area contributed by atoms with Crippen molar-refractivity contribution in [3.05, 3.63) is 255 Å². The monoisotopic (exact) mass is 959 g/mol. The molecule has 3 nitrogen and oxygen atoms in total. The van der Waals surface area contributed by atoms with Crippen LogP contribution in [0.3, 0.4) is 0 Å². The maximum atomic E-state index is 2.67. The minimum Gasteiger partial charge on any atom is -0.311 e. The van der Waals surface area contributed by atoms with Gasteiger partial charge in [-0.3, -0.25) is 0 Å². The molecule has 1 aliphatic carbocycles. The van der Waals surface area contributed by atoms with Gasteiger partial charge in [-0.05, 0) is 142 Å². The predicted molar refractivity (Wildman–Crippen MR) is 322 cm³/mol. The summed E-state index contributed by atoms with van der Waals surface area (Å²) in [6.07, 6.45) is 0. The van der Waals surface area contributed by atoms with Gasteiger partial charge < -0.3 is 14.0 Å². The predicted octanol–water partition coefficient (Wildman–Crippen LogP) is 16.9. The smallest absolute Gasteiger partial charge is 0.252 e. The number of hydrogen-bond acceptors (Lipinski definition) is 1. The molecule has 4 heteroatoms. The number of nitrogens with zero attached hydrogens (tertiary/aromatic N) is 3. The summed E-state index contributed by atoms with van der Waals surface area (Å²) in [5.74, 6) is 0. The van der Waals surface area contributed by atoms with Crippen LogP contribution < -0.4 is 21.3 Å². The minimum absolute atomic E-state index is 0.0707. The van der Waals surface area contributed by atoms with E-state index >= 15 is 0 Å². The molecule has 4 heterocycles. The van der Waals surface area contributed by atoms with E-state index in [-0.39, 0.29) is 6.71 Å². The Morgan fingerprint density at radius 1 is 0.276 bits per heavy atom. The zero-order valence-electron chi connectivity index (χ0n) is 41.2. The van der Waals surface area contributed by atoms with Crippen molar-refractivity contribution >= 4 is 116 Å². The zero-order chi connectivity index (χ0) is 49.3. The van der Waals surface area contributed by atoms with E-state index in [1.807, 2.05) is 0 Å². The highest BCUT2D eigenvalue weighted by molar-refractivity contribution is 7.00. The van der Waals surface area contributed by atoms with E-state index in [2.05, 4.69) is 269 Å². The second-order valence-electron chi connectivity index (χ2n) is 21.1. The first kappa shape index (κ1) is 40.6. The molecule has 348 valence electrons. The summed E-state index contributed by atoms with van der Waals surface area (Å²) in [4.78, 5) is 2.57. The lowest BCUT2D eigenvalue weighted by molar-refractivity contribution is 1.13. The highest BCUT2D eigenvalue weighted by Crippen LogP contribution is 2.52. The molecule has 18 rings (SSSR count). The molecule has 0 fully saturated rings. The van der Waals surface area contributed by atoms with E-state index in [1.165, 1.54) is 154 Å². The Morgan fingerprint density at radius 2 is 0.816 bits per heavy atom. The van der Waals surface area contributed by atoms with E-state index in [0.717, 1.165) is 11.4 Å². The van der Waals surface area contributed by atoms with E-state index in [1.54, 1.807) is 0 Å². The lowest BCUT2D eigenvalue weighted by Gasteiger charge is -2.41. The summed E-state index contributed by atoms with van der Waals surface area (Å²) in [5, 5.41) is 12.8. The molecular weight excluding hydrogens is 918 g/mol. The Hall–Kier alpha value is -9.90. The fourth-order valence-electron chi connectivity index (χ4n) is 14.3. The van der Waals surface area contributed by atoms with E-state index in [9.17, 15) is 0 Å². The molecule has 76 heavy (non-hydrogen) atoms. The van der Waals surface area contributed by atoms with Gasteiger partial charge in [0.2, 0.25) is 0 Å². The molecule has 0 saturated heterocycles. The molecule has 13 aromatic carbocycles. The Bertz CT molecular complexity index is 4950. The summed E-state index contributed by atoms with van der Waals surface area (Å²) in [5.41, 5.74) is 24.7. The Kier molecular flexibility index (Phi) is 7.94. The molecule has 0 unspecified atom stereocenters. The van der Waals surface area contributed by atoms with Gasteiger partial charge in [0.25, 0.3) is 6.71 Å². The van der Waals surface area contributed by atoms with Crippen LogP contribution in [0.1, 0.15) is 0 Å². The summed E-state index contributed by atoms with van der Waals surface area (Å²) >= 11 is 0. The van der Waals surface area contributed by atoms with Crippen molar-refractivity contribution < 1.29 is 0 Å². The third kappa shape index (κ3) is 5.27. The van der Waals surface area contributed by atoms with Crippen LogP contribution in [0, 0.1) is 0 Å². The van der Waals surface area contributed by atoms with Gasteiger partial charge in [0, 0.05) is 44.3 Å². The molecule has 0 spiro atoms. The molecule has 0 atom stereocenters. The average molecular weight is 960 g/mol. The molecule has 0 radical (unpaired) electrons. The second kappa shape index (κ2) is 14.9. The molecule has 0 N–H and O–H groups in total. The second-order valence-corrected chi connectivity index (χ2v) is 21.1. The van der Waals surface area contributed by atoms with E-state index in [0.29, 0.717) is 0 Å². The molecule has 3 aliphatic rings. The van der Waals surface area contributed by atoms with Gasteiger partial charge in [0.1, 0.15) is 0 Å². The normalized spacial score (nSPS) is 12.9. The number of benzene rings is 13. The summed E-state index contributed by atoms with van der Waals surface area (Å²) < 4.78 is 5.25. The lowest BCUT2D eigenvalue weighted by atomic mass is 9.33. The van der Waals surface area contributed by atoms with Crippen LogP contribution in [0.2, 0.25) is 0 Å². The van der Waals surface area contributed by atoms with Crippen LogP contribution in [0.5, 0.6) is 0 Å².